The number of hydrogen-bond donors (Lipinski definition) is 3. The summed E-state index contributed by atoms with van der Waals surface area (Å²) in [5.74, 6) is 3.29. The second kappa shape index (κ2) is 7.83. The molecule has 0 saturated carbocycles. The van der Waals surface area contributed by atoms with Gasteiger partial charge in [0.1, 0.15) is 18.5 Å². The van der Waals surface area contributed by atoms with Gasteiger partial charge in [-0.15, -0.1) is 6.42 Å². The number of terminal acetylenes is 1. The number of rotatable bonds is 6. The van der Waals surface area contributed by atoms with Crippen molar-refractivity contribution in [2.75, 3.05) is 18.5 Å². The van der Waals surface area contributed by atoms with Crippen molar-refractivity contribution >= 4 is 11.6 Å². The Morgan fingerprint density at radius 1 is 1.50 bits per heavy atom. The molecule has 5 heteroatoms. The average Bonchev–Trinajstić information content (AvgIpc) is 2.71. The lowest BCUT2D eigenvalue weighted by Crippen LogP contribution is -2.35. The standard InChI is InChI=1S/C17H22N2O3/c1-3-12(2)18-10-13(20)11-22-16-8-5-7-15-14(16)6-4-9-17(21)19-15/h1,5,7-8,12-13,18,20H,4,6,9-11H2,2H3,(H,19,21). The molecule has 1 heterocycles. The first-order valence-electron chi connectivity index (χ1n) is 7.52. The van der Waals surface area contributed by atoms with Crippen LogP contribution in [-0.4, -0.2) is 36.3 Å². The molecule has 118 valence electrons. The van der Waals surface area contributed by atoms with Gasteiger partial charge in [-0.1, -0.05) is 12.0 Å². The molecule has 0 fully saturated rings. The number of fused-ring (bicyclic) bond motifs is 1. The van der Waals surface area contributed by atoms with E-state index >= 15 is 0 Å². The molecule has 2 atom stereocenters. The molecule has 1 amide bonds. The summed E-state index contributed by atoms with van der Waals surface area (Å²) in [4.78, 5) is 11.6. The van der Waals surface area contributed by atoms with Crippen LogP contribution in [0.15, 0.2) is 18.2 Å². The van der Waals surface area contributed by atoms with E-state index in [1.807, 2.05) is 25.1 Å². The summed E-state index contributed by atoms with van der Waals surface area (Å²) in [5.41, 5.74) is 1.79. The van der Waals surface area contributed by atoms with Crippen LogP contribution in [0.2, 0.25) is 0 Å². The van der Waals surface area contributed by atoms with Gasteiger partial charge in [0.15, 0.2) is 0 Å². The van der Waals surface area contributed by atoms with Gasteiger partial charge in [-0.2, -0.15) is 0 Å². The normalized spacial score (nSPS) is 16.7. The minimum atomic E-state index is -0.646. The van der Waals surface area contributed by atoms with Gasteiger partial charge in [0.05, 0.1) is 6.04 Å². The Bertz CT molecular complexity index is 566. The number of aliphatic hydroxyl groups excluding tert-OH is 1. The average molecular weight is 302 g/mol. The Labute approximate surface area is 131 Å². The van der Waals surface area contributed by atoms with Crippen LogP contribution in [0.25, 0.3) is 0 Å². The zero-order valence-electron chi connectivity index (χ0n) is 12.8. The second-order valence-corrected chi connectivity index (χ2v) is 5.45. The molecule has 1 aromatic carbocycles. The zero-order valence-corrected chi connectivity index (χ0v) is 12.8. The van der Waals surface area contributed by atoms with Gasteiger partial charge in [0.25, 0.3) is 0 Å². The number of aliphatic hydroxyl groups is 1. The lowest BCUT2D eigenvalue weighted by Gasteiger charge is -2.17. The third-order valence-electron chi connectivity index (χ3n) is 3.58. The van der Waals surface area contributed by atoms with Crippen LogP contribution >= 0.6 is 0 Å². The Hall–Kier alpha value is -2.03. The predicted molar refractivity (Wildman–Crippen MR) is 85.8 cm³/mol. The van der Waals surface area contributed by atoms with Gasteiger partial charge in [-0.05, 0) is 31.9 Å². The Balaban J connectivity index is 1.95. The van der Waals surface area contributed by atoms with Gasteiger partial charge in [-0.3, -0.25) is 4.79 Å². The van der Waals surface area contributed by atoms with Crippen LogP contribution < -0.4 is 15.4 Å². The number of hydrogen-bond acceptors (Lipinski definition) is 4. The molecule has 0 spiro atoms. The molecular weight excluding hydrogens is 280 g/mol. The number of amides is 1. The number of benzene rings is 1. The number of ether oxygens (including phenoxy) is 1. The van der Waals surface area contributed by atoms with Crippen molar-refractivity contribution in [2.45, 2.75) is 38.3 Å². The predicted octanol–water partition coefficient (Wildman–Crippen LogP) is 1.31. The summed E-state index contributed by atoms with van der Waals surface area (Å²) in [7, 11) is 0. The first-order chi connectivity index (χ1) is 10.6. The van der Waals surface area contributed by atoms with Crippen LogP contribution in [0.1, 0.15) is 25.3 Å². The first-order valence-corrected chi connectivity index (χ1v) is 7.52. The van der Waals surface area contributed by atoms with E-state index in [1.54, 1.807) is 0 Å². The van der Waals surface area contributed by atoms with Crippen molar-refractivity contribution in [1.29, 1.82) is 0 Å². The smallest absolute Gasteiger partial charge is 0.224 e. The van der Waals surface area contributed by atoms with Gasteiger partial charge in [-0.25, -0.2) is 0 Å². The van der Waals surface area contributed by atoms with E-state index in [4.69, 9.17) is 11.2 Å². The third kappa shape index (κ3) is 4.48. The molecule has 1 aliphatic heterocycles. The molecule has 2 rings (SSSR count). The highest BCUT2D eigenvalue weighted by atomic mass is 16.5. The maximum Gasteiger partial charge on any atom is 0.224 e. The zero-order chi connectivity index (χ0) is 15.9. The van der Waals surface area contributed by atoms with Crippen LogP contribution in [0, 0.1) is 12.3 Å². The summed E-state index contributed by atoms with van der Waals surface area (Å²) >= 11 is 0. The van der Waals surface area contributed by atoms with E-state index in [0.29, 0.717) is 18.7 Å². The first kappa shape index (κ1) is 16.3. The van der Waals surface area contributed by atoms with Gasteiger partial charge in [0, 0.05) is 24.2 Å². The Morgan fingerprint density at radius 2 is 2.32 bits per heavy atom. The molecule has 0 saturated heterocycles. The fraction of sp³-hybridized carbons (Fsp3) is 0.471. The SMILES string of the molecule is C#CC(C)NCC(O)COc1cccc2c1CCCC(=O)N2. The van der Waals surface area contributed by atoms with Crippen molar-refractivity contribution in [2.24, 2.45) is 0 Å². The summed E-state index contributed by atoms with van der Waals surface area (Å²) in [6.45, 7) is 2.40. The van der Waals surface area contributed by atoms with Crippen LogP contribution in [-0.2, 0) is 11.2 Å². The number of anilines is 1. The fourth-order valence-electron chi connectivity index (χ4n) is 2.33. The van der Waals surface area contributed by atoms with Gasteiger partial charge >= 0.3 is 0 Å². The third-order valence-corrected chi connectivity index (χ3v) is 3.58. The minimum Gasteiger partial charge on any atom is -0.490 e. The van der Waals surface area contributed by atoms with Crippen molar-refractivity contribution < 1.29 is 14.6 Å². The highest BCUT2D eigenvalue weighted by molar-refractivity contribution is 5.92. The number of carbonyl (C=O) groups is 1. The molecule has 2 unspecified atom stereocenters. The van der Waals surface area contributed by atoms with E-state index in [-0.39, 0.29) is 18.6 Å². The molecule has 5 nitrogen and oxygen atoms in total. The lowest BCUT2D eigenvalue weighted by atomic mass is 10.1. The molecule has 22 heavy (non-hydrogen) atoms. The van der Waals surface area contributed by atoms with E-state index in [1.165, 1.54) is 0 Å². The van der Waals surface area contributed by atoms with Crippen LogP contribution in [0.3, 0.4) is 0 Å². The van der Waals surface area contributed by atoms with E-state index in [0.717, 1.165) is 24.1 Å². The maximum absolute atomic E-state index is 11.6. The van der Waals surface area contributed by atoms with Crippen molar-refractivity contribution in [3.05, 3.63) is 23.8 Å². The van der Waals surface area contributed by atoms with Crippen molar-refractivity contribution in [3.63, 3.8) is 0 Å². The molecular formula is C17H22N2O3. The topological polar surface area (TPSA) is 70.6 Å². The maximum atomic E-state index is 11.6. The van der Waals surface area contributed by atoms with Gasteiger partial charge < -0.3 is 20.5 Å². The molecule has 0 aromatic heterocycles. The molecule has 3 N–H and O–H groups in total. The lowest BCUT2D eigenvalue weighted by molar-refractivity contribution is -0.116. The Kier molecular flexibility index (Phi) is 5.82. The minimum absolute atomic E-state index is 0.0309. The Morgan fingerprint density at radius 3 is 3.09 bits per heavy atom. The summed E-state index contributed by atoms with van der Waals surface area (Å²) in [6.07, 6.45) is 6.72. The number of carbonyl (C=O) groups excluding carboxylic acids is 1. The summed E-state index contributed by atoms with van der Waals surface area (Å²) < 4.78 is 5.73. The highest BCUT2D eigenvalue weighted by Crippen LogP contribution is 2.30. The van der Waals surface area contributed by atoms with Crippen molar-refractivity contribution in [1.82, 2.24) is 5.32 Å². The quantitative estimate of drug-likeness (QED) is 0.693. The van der Waals surface area contributed by atoms with Crippen molar-refractivity contribution in [3.8, 4) is 18.1 Å². The highest BCUT2D eigenvalue weighted by Gasteiger charge is 2.17. The fourth-order valence-corrected chi connectivity index (χ4v) is 2.33. The summed E-state index contributed by atoms with van der Waals surface area (Å²) in [6, 6.07) is 5.49. The summed E-state index contributed by atoms with van der Waals surface area (Å²) in [5, 5.41) is 15.8. The molecule has 1 aromatic rings. The molecule has 0 bridgehead atoms. The monoisotopic (exact) mass is 302 g/mol. The van der Waals surface area contributed by atoms with E-state index in [9.17, 15) is 9.90 Å². The molecule has 1 aliphatic rings. The van der Waals surface area contributed by atoms with Crippen LogP contribution in [0.4, 0.5) is 5.69 Å². The number of nitrogens with one attached hydrogen (secondary N) is 2. The van der Waals surface area contributed by atoms with Gasteiger partial charge in [0.2, 0.25) is 5.91 Å². The largest absolute Gasteiger partial charge is 0.490 e. The molecule has 0 radical (unpaired) electrons. The van der Waals surface area contributed by atoms with E-state index in [2.05, 4.69) is 16.6 Å². The van der Waals surface area contributed by atoms with E-state index < -0.39 is 6.10 Å². The second-order valence-electron chi connectivity index (χ2n) is 5.45. The molecule has 0 aliphatic carbocycles. The van der Waals surface area contributed by atoms with Crippen LogP contribution in [0.5, 0.6) is 5.75 Å².